The third kappa shape index (κ3) is 5.69. The first-order valence-corrected chi connectivity index (χ1v) is 7.42. The first kappa shape index (κ1) is 17.3. The monoisotopic (exact) mass is 387 g/mol. The molecule has 112 valence electrons. The molecule has 0 amide bonds. The first-order chi connectivity index (χ1) is 9.33. The summed E-state index contributed by atoms with van der Waals surface area (Å²) in [6.07, 6.45) is 3.80. The number of hydrogen-bond acceptors (Lipinski definition) is 1. The average molecular weight is 387 g/mol. The largest absolute Gasteiger partial charge is 0.357 e. The van der Waals surface area contributed by atoms with Crippen LogP contribution in [0.1, 0.15) is 37.8 Å². The standard InChI is InChI=1S/C16H25N3.HI/c1-3-14-7-5-6-8-15(14)12-19-16(17-4-2)18-11-13-9-10-13;/h5-8,13H,3-4,9-12H2,1-2H3,(H2,17,18,19);1H. The normalized spacial score (nSPS) is 14.6. The SMILES string of the molecule is CCNC(=NCc1ccccc1CC)NCC1CC1.I. The molecule has 0 saturated heterocycles. The van der Waals surface area contributed by atoms with Gasteiger partial charge in [0.1, 0.15) is 0 Å². The van der Waals surface area contributed by atoms with Gasteiger partial charge in [-0.1, -0.05) is 31.2 Å². The summed E-state index contributed by atoms with van der Waals surface area (Å²) in [7, 11) is 0. The molecule has 3 nitrogen and oxygen atoms in total. The van der Waals surface area contributed by atoms with Gasteiger partial charge in [-0.25, -0.2) is 4.99 Å². The Labute approximate surface area is 139 Å². The Morgan fingerprint density at radius 3 is 2.45 bits per heavy atom. The fourth-order valence-corrected chi connectivity index (χ4v) is 2.13. The lowest BCUT2D eigenvalue weighted by molar-refractivity contribution is 0.739. The maximum absolute atomic E-state index is 4.69. The molecule has 0 aromatic heterocycles. The number of guanidine groups is 1. The summed E-state index contributed by atoms with van der Waals surface area (Å²) in [5, 5.41) is 6.74. The number of nitrogens with zero attached hydrogens (tertiary/aromatic N) is 1. The minimum atomic E-state index is 0. The van der Waals surface area contributed by atoms with Crippen LogP contribution < -0.4 is 10.6 Å². The molecular formula is C16H26IN3. The predicted octanol–water partition coefficient (Wildman–Crippen LogP) is 3.33. The van der Waals surface area contributed by atoms with Crippen molar-refractivity contribution in [3.8, 4) is 0 Å². The van der Waals surface area contributed by atoms with Crippen LogP contribution in [0.3, 0.4) is 0 Å². The fourth-order valence-electron chi connectivity index (χ4n) is 2.13. The molecule has 20 heavy (non-hydrogen) atoms. The highest BCUT2D eigenvalue weighted by molar-refractivity contribution is 14.0. The van der Waals surface area contributed by atoms with Crippen molar-refractivity contribution in [2.24, 2.45) is 10.9 Å². The van der Waals surface area contributed by atoms with Gasteiger partial charge in [-0.3, -0.25) is 0 Å². The fraction of sp³-hybridized carbons (Fsp3) is 0.562. The number of aryl methyl sites for hydroxylation is 1. The maximum Gasteiger partial charge on any atom is 0.191 e. The Bertz CT molecular complexity index is 427. The molecule has 0 spiro atoms. The highest BCUT2D eigenvalue weighted by Gasteiger charge is 2.20. The van der Waals surface area contributed by atoms with Crippen molar-refractivity contribution in [2.75, 3.05) is 13.1 Å². The van der Waals surface area contributed by atoms with Crippen molar-refractivity contribution in [3.05, 3.63) is 35.4 Å². The number of halogens is 1. The minimum Gasteiger partial charge on any atom is -0.357 e. The van der Waals surface area contributed by atoms with Crippen molar-refractivity contribution in [1.29, 1.82) is 0 Å². The van der Waals surface area contributed by atoms with Crippen LogP contribution in [0.4, 0.5) is 0 Å². The number of nitrogens with one attached hydrogen (secondary N) is 2. The van der Waals surface area contributed by atoms with Gasteiger partial charge in [0.25, 0.3) is 0 Å². The number of benzene rings is 1. The van der Waals surface area contributed by atoms with Crippen LogP contribution in [0.5, 0.6) is 0 Å². The molecule has 2 N–H and O–H groups in total. The summed E-state index contributed by atoms with van der Waals surface area (Å²) in [4.78, 5) is 4.69. The minimum absolute atomic E-state index is 0. The van der Waals surface area contributed by atoms with Gasteiger partial charge >= 0.3 is 0 Å². The summed E-state index contributed by atoms with van der Waals surface area (Å²) in [5.74, 6) is 1.81. The van der Waals surface area contributed by atoms with E-state index in [1.807, 2.05) is 0 Å². The van der Waals surface area contributed by atoms with Crippen LogP contribution in [-0.4, -0.2) is 19.0 Å². The summed E-state index contributed by atoms with van der Waals surface area (Å²) in [6, 6.07) is 8.55. The van der Waals surface area contributed by atoms with Crippen molar-refractivity contribution in [2.45, 2.75) is 39.7 Å². The second-order valence-electron chi connectivity index (χ2n) is 5.14. The molecule has 1 fully saturated rings. The Balaban J connectivity index is 0.00000200. The highest BCUT2D eigenvalue weighted by Crippen LogP contribution is 2.27. The van der Waals surface area contributed by atoms with Crippen LogP contribution >= 0.6 is 24.0 Å². The van der Waals surface area contributed by atoms with Gasteiger partial charge in [-0.2, -0.15) is 0 Å². The van der Waals surface area contributed by atoms with Crippen LogP contribution in [0.25, 0.3) is 0 Å². The quantitative estimate of drug-likeness (QED) is 0.446. The second kappa shape index (κ2) is 9.21. The second-order valence-corrected chi connectivity index (χ2v) is 5.14. The van der Waals surface area contributed by atoms with Gasteiger partial charge in [0.2, 0.25) is 0 Å². The third-order valence-electron chi connectivity index (χ3n) is 3.51. The van der Waals surface area contributed by atoms with Gasteiger partial charge < -0.3 is 10.6 Å². The third-order valence-corrected chi connectivity index (χ3v) is 3.51. The molecule has 0 aliphatic heterocycles. The molecule has 0 heterocycles. The summed E-state index contributed by atoms with van der Waals surface area (Å²) < 4.78 is 0. The molecule has 0 radical (unpaired) electrons. The molecule has 4 heteroatoms. The highest BCUT2D eigenvalue weighted by atomic mass is 127. The Kier molecular flexibility index (Phi) is 7.95. The first-order valence-electron chi connectivity index (χ1n) is 7.42. The van der Waals surface area contributed by atoms with Crippen molar-refractivity contribution >= 4 is 29.9 Å². The molecule has 1 saturated carbocycles. The molecule has 0 unspecified atom stereocenters. The van der Waals surface area contributed by atoms with E-state index in [0.29, 0.717) is 0 Å². The summed E-state index contributed by atoms with van der Waals surface area (Å²) >= 11 is 0. The molecular weight excluding hydrogens is 361 g/mol. The Morgan fingerprint density at radius 2 is 1.85 bits per heavy atom. The van der Waals surface area contributed by atoms with Crippen molar-refractivity contribution < 1.29 is 0 Å². The van der Waals surface area contributed by atoms with Gasteiger partial charge in [0, 0.05) is 13.1 Å². The van der Waals surface area contributed by atoms with Crippen LogP contribution in [0, 0.1) is 5.92 Å². The number of rotatable bonds is 6. The van der Waals surface area contributed by atoms with E-state index in [1.54, 1.807) is 0 Å². The topological polar surface area (TPSA) is 36.4 Å². The van der Waals surface area contributed by atoms with E-state index in [4.69, 9.17) is 0 Å². The molecule has 0 atom stereocenters. The van der Waals surface area contributed by atoms with Crippen molar-refractivity contribution in [1.82, 2.24) is 10.6 Å². The average Bonchev–Trinajstić information content (AvgIpc) is 3.26. The van der Waals surface area contributed by atoms with E-state index in [1.165, 1.54) is 24.0 Å². The number of aliphatic imine (C=N–C) groups is 1. The van der Waals surface area contributed by atoms with Gasteiger partial charge in [-0.15, -0.1) is 24.0 Å². The zero-order valence-electron chi connectivity index (χ0n) is 12.5. The van der Waals surface area contributed by atoms with Gasteiger partial charge in [0.05, 0.1) is 6.54 Å². The lowest BCUT2D eigenvalue weighted by Gasteiger charge is -2.11. The molecule has 1 aromatic rings. The molecule has 2 rings (SSSR count). The Hall–Kier alpha value is -0.780. The predicted molar refractivity (Wildman–Crippen MR) is 96.8 cm³/mol. The van der Waals surface area contributed by atoms with Crippen molar-refractivity contribution in [3.63, 3.8) is 0 Å². The van der Waals surface area contributed by atoms with E-state index in [0.717, 1.165) is 37.9 Å². The van der Waals surface area contributed by atoms with Crippen LogP contribution in [-0.2, 0) is 13.0 Å². The lowest BCUT2D eigenvalue weighted by Crippen LogP contribution is -2.38. The molecule has 1 aliphatic carbocycles. The van der Waals surface area contributed by atoms with E-state index >= 15 is 0 Å². The van der Waals surface area contributed by atoms with Gasteiger partial charge in [-0.05, 0) is 43.2 Å². The van der Waals surface area contributed by atoms with E-state index in [2.05, 4.69) is 53.7 Å². The van der Waals surface area contributed by atoms with E-state index in [9.17, 15) is 0 Å². The summed E-state index contributed by atoms with van der Waals surface area (Å²) in [6.45, 7) is 7.02. The van der Waals surface area contributed by atoms with E-state index in [-0.39, 0.29) is 24.0 Å². The maximum atomic E-state index is 4.69. The van der Waals surface area contributed by atoms with Gasteiger partial charge in [0.15, 0.2) is 5.96 Å². The summed E-state index contributed by atoms with van der Waals surface area (Å²) in [5.41, 5.74) is 2.72. The molecule has 1 aromatic carbocycles. The zero-order chi connectivity index (χ0) is 13.5. The molecule has 0 bridgehead atoms. The number of hydrogen-bond donors (Lipinski definition) is 2. The van der Waals surface area contributed by atoms with Crippen LogP contribution in [0.2, 0.25) is 0 Å². The smallest absolute Gasteiger partial charge is 0.191 e. The zero-order valence-corrected chi connectivity index (χ0v) is 14.8. The Morgan fingerprint density at radius 1 is 1.15 bits per heavy atom. The molecule has 1 aliphatic rings. The lowest BCUT2D eigenvalue weighted by atomic mass is 10.1. The van der Waals surface area contributed by atoms with Crippen LogP contribution in [0.15, 0.2) is 29.3 Å². The van der Waals surface area contributed by atoms with E-state index < -0.39 is 0 Å².